The van der Waals surface area contributed by atoms with Gasteiger partial charge in [-0.3, -0.25) is 0 Å². The van der Waals surface area contributed by atoms with Crippen LogP contribution in [0.25, 0.3) is 0 Å². The molecule has 70 valence electrons. The van der Waals surface area contributed by atoms with Crippen molar-refractivity contribution in [1.29, 1.82) is 0 Å². The molecule has 1 aromatic rings. The third-order valence-corrected chi connectivity index (χ3v) is 6.88. The fraction of sp³-hybridized carbons (Fsp3) is 0.333. The molecule has 0 unspecified atom stereocenters. The summed E-state index contributed by atoms with van der Waals surface area (Å²) in [5.74, 6) is 0. The van der Waals surface area contributed by atoms with Gasteiger partial charge in [0.1, 0.15) is 0 Å². The molecule has 13 heavy (non-hydrogen) atoms. The Bertz CT molecular complexity index is 291. The predicted molar refractivity (Wildman–Crippen MR) is 48.6 cm³/mol. The van der Waals surface area contributed by atoms with E-state index in [2.05, 4.69) is 0 Å². The summed E-state index contributed by atoms with van der Waals surface area (Å²) in [6, 6.07) is 5.91. The molecule has 0 spiro atoms. The monoisotopic (exact) mass is 290 g/mol. The quantitative estimate of drug-likeness (QED) is 0.746. The molecule has 0 saturated heterocycles. The number of hydrogen-bond donors (Lipinski definition) is 0. The zero-order valence-corrected chi connectivity index (χ0v) is 10.8. The first-order valence-electron chi connectivity index (χ1n) is 4.09. The third kappa shape index (κ3) is 2.66. The molecule has 0 radical (unpaired) electrons. The maximum atomic E-state index is 12.4. The second-order valence-corrected chi connectivity index (χ2v) is 11.6. The van der Waals surface area contributed by atoms with Gasteiger partial charge in [0, 0.05) is 0 Å². The van der Waals surface area contributed by atoms with Crippen molar-refractivity contribution in [2.24, 2.45) is 0 Å². The van der Waals surface area contributed by atoms with E-state index in [4.69, 9.17) is 0 Å². The molecule has 0 aliphatic heterocycles. The van der Waals surface area contributed by atoms with Gasteiger partial charge in [-0.05, 0) is 0 Å². The van der Waals surface area contributed by atoms with Crippen LogP contribution in [0, 0.1) is 0 Å². The van der Waals surface area contributed by atoms with Crippen molar-refractivity contribution in [3.63, 3.8) is 0 Å². The zero-order valence-electron chi connectivity index (χ0n) is 7.52. The van der Waals surface area contributed by atoms with Crippen molar-refractivity contribution < 1.29 is 13.2 Å². The molecule has 0 aromatic heterocycles. The molecule has 1 rings (SSSR count). The standard InChI is InChI=1S/C7H4F3.2CH3.In/c8-7(9,10)6-4-2-1-3-5-6;;;/h1-4H;2*1H3;. The molecule has 0 aliphatic carbocycles. The van der Waals surface area contributed by atoms with Gasteiger partial charge in [0.25, 0.3) is 0 Å². The number of hydrogen-bond acceptors (Lipinski definition) is 0. The molecular formula is C9H10F3In. The molecule has 0 bridgehead atoms. The van der Waals surface area contributed by atoms with Gasteiger partial charge in [-0.15, -0.1) is 0 Å². The fourth-order valence-electron chi connectivity index (χ4n) is 1.26. The second kappa shape index (κ2) is 3.95. The van der Waals surface area contributed by atoms with E-state index in [0.717, 1.165) is 0 Å². The summed E-state index contributed by atoms with van der Waals surface area (Å²) in [6.45, 7) is 0. The van der Waals surface area contributed by atoms with Crippen LogP contribution >= 0.6 is 0 Å². The molecule has 1 aromatic carbocycles. The van der Waals surface area contributed by atoms with Crippen molar-refractivity contribution in [3.05, 3.63) is 29.8 Å². The van der Waals surface area contributed by atoms with E-state index in [0.29, 0.717) is 3.32 Å². The van der Waals surface area contributed by atoms with Crippen LogP contribution in [-0.4, -0.2) is 21.4 Å². The number of alkyl halides is 3. The average Bonchev–Trinajstić information content (AvgIpc) is 2.03. The van der Waals surface area contributed by atoms with Gasteiger partial charge in [-0.2, -0.15) is 0 Å². The summed E-state index contributed by atoms with van der Waals surface area (Å²) >= 11 is -2.05. The van der Waals surface area contributed by atoms with Crippen LogP contribution in [0.5, 0.6) is 0 Å². The molecule has 0 saturated carbocycles. The summed E-state index contributed by atoms with van der Waals surface area (Å²) in [7, 11) is 0. The first-order valence-corrected chi connectivity index (χ1v) is 12.3. The van der Waals surface area contributed by atoms with E-state index < -0.39 is 33.2 Å². The summed E-state index contributed by atoms with van der Waals surface area (Å²) in [4.78, 5) is 0. The maximum absolute atomic E-state index is 12.4. The molecule has 0 atom stereocenters. The van der Waals surface area contributed by atoms with Crippen LogP contribution < -0.4 is 3.32 Å². The van der Waals surface area contributed by atoms with E-state index in [1.807, 2.05) is 9.36 Å². The first-order chi connectivity index (χ1) is 5.93. The van der Waals surface area contributed by atoms with Gasteiger partial charge >= 0.3 is 83.3 Å². The fourth-order valence-corrected chi connectivity index (χ4v) is 5.19. The van der Waals surface area contributed by atoms with E-state index >= 15 is 0 Å². The van der Waals surface area contributed by atoms with Crippen molar-refractivity contribution in [2.75, 3.05) is 0 Å². The zero-order chi connectivity index (χ0) is 10.1. The van der Waals surface area contributed by atoms with Crippen LogP contribution in [0.4, 0.5) is 13.2 Å². The van der Waals surface area contributed by atoms with Crippen molar-refractivity contribution in [1.82, 2.24) is 0 Å². The van der Waals surface area contributed by atoms with Crippen molar-refractivity contribution >= 4 is 24.8 Å². The van der Waals surface area contributed by atoms with Gasteiger partial charge in [-0.1, -0.05) is 0 Å². The molecule has 0 heterocycles. The summed E-state index contributed by atoms with van der Waals surface area (Å²) in [5.41, 5.74) is -0.430. The van der Waals surface area contributed by atoms with Gasteiger partial charge in [0.15, 0.2) is 0 Å². The third-order valence-electron chi connectivity index (χ3n) is 1.89. The van der Waals surface area contributed by atoms with Gasteiger partial charge in [0.2, 0.25) is 0 Å². The summed E-state index contributed by atoms with van der Waals surface area (Å²) < 4.78 is 41.8. The van der Waals surface area contributed by atoms with Crippen LogP contribution in [0.2, 0.25) is 9.36 Å². The topological polar surface area (TPSA) is 0 Å². The average molecular weight is 290 g/mol. The van der Waals surface area contributed by atoms with E-state index in [-0.39, 0.29) is 0 Å². The first kappa shape index (κ1) is 11.0. The van der Waals surface area contributed by atoms with Crippen molar-refractivity contribution in [3.8, 4) is 0 Å². The molecule has 0 amide bonds. The van der Waals surface area contributed by atoms with E-state index in [1.165, 1.54) is 12.1 Å². The Kier molecular flexibility index (Phi) is 3.33. The van der Waals surface area contributed by atoms with Gasteiger partial charge in [-0.25, -0.2) is 0 Å². The number of benzene rings is 1. The molecule has 0 nitrogen and oxygen atoms in total. The Hall–Kier alpha value is -0.120. The molecule has 4 heteroatoms. The Balaban J connectivity index is 3.20. The molecule has 0 aliphatic rings. The van der Waals surface area contributed by atoms with Crippen LogP contribution in [0.1, 0.15) is 5.56 Å². The van der Waals surface area contributed by atoms with E-state index in [1.54, 1.807) is 12.1 Å². The van der Waals surface area contributed by atoms with E-state index in [9.17, 15) is 13.2 Å². The molecular weight excluding hydrogens is 280 g/mol. The normalized spacial score (nSPS) is 11.5. The Morgan fingerprint density at radius 1 is 1.08 bits per heavy atom. The molecule has 0 fully saturated rings. The Morgan fingerprint density at radius 2 is 1.62 bits per heavy atom. The van der Waals surface area contributed by atoms with Crippen LogP contribution in [0.3, 0.4) is 0 Å². The van der Waals surface area contributed by atoms with Crippen LogP contribution in [0.15, 0.2) is 24.3 Å². The second-order valence-electron chi connectivity index (χ2n) is 3.24. The summed E-state index contributed by atoms with van der Waals surface area (Å²) in [5, 5.41) is 0. The van der Waals surface area contributed by atoms with Crippen LogP contribution in [-0.2, 0) is 6.18 Å². The summed E-state index contributed by atoms with van der Waals surface area (Å²) in [6.07, 6.45) is -4.18. The predicted octanol–water partition coefficient (Wildman–Crippen LogP) is 2.67. The molecule has 0 N–H and O–H groups in total. The minimum atomic E-state index is -4.18. The van der Waals surface area contributed by atoms with Gasteiger partial charge in [0.05, 0.1) is 0 Å². The Morgan fingerprint density at radius 3 is 2.00 bits per heavy atom. The minimum absolute atomic E-state index is 0.430. The van der Waals surface area contributed by atoms with Crippen molar-refractivity contribution in [2.45, 2.75) is 15.5 Å². The van der Waals surface area contributed by atoms with Gasteiger partial charge < -0.3 is 0 Å². The number of rotatable bonds is 1. The Labute approximate surface area is 83.3 Å². The SMILES string of the molecule is [CH3][In]([CH3])[c]1ccccc1C(F)(F)F. The number of halogens is 3.